The van der Waals surface area contributed by atoms with Gasteiger partial charge in [0.05, 0.1) is 0 Å². The number of nitrogens with zero attached hydrogens (tertiary/aromatic N) is 2. The van der Waals surface area contributed by atoms with Gasteiger partial charge < -0.3 is 15.0 Å². The minimum atomic E-state index is 0. The first-order valence-corrected chi connectivity index (χ1v) is 7.46. The standard InChI is InChI=1S/C17H27N3O.HI/c1-5-7-12-20(4)17(18-3)19-14-15-10-8-9-11-16(15)21-13-6-2;/h6,8-11H,2,5,7,12-14H2,1,3-4H3,(H,18,19);1H. The van der Waals surface area contributed by atoms with Crippen LogP contribution in [0.5, 0.6) is 5.75 Å². The number of nitrogens with one attached hydrogen (secondary N) is 1. The molecule has 1 aromatic rings. The number of halogens is 1. The van der Waals surface area contributed by atoms with Crippen LogP contribution in [0.4, 0.5) is 0 Å². The third-order valence-corrected chi connectivity index (χ3v) is 3.19. The molecule has 4 nitrogen and oxygen atoms in total. The van der Waals surface area contributed by atoms with Gasteiger partial charge in [0.2, 0.25) is 0 Å². The van der Waals surface area contributed by atoms with Gasteiger partial charge >= 0.3 is 0 Å². The van der Waals surface area contributed by atoms with Gasteiger partial charge in [-0.25, -0.2) is 0 Å². The average molecular weight is 417 g/mol. The highest BCUT2D eigenvalue weighted by Gasteiger charge is 2.07. The molecule has 0 unspecified atom stereocenters. The summed E-state index contributed by atoms with van der Waals surface area (Å²) in [5.74, 6) is 1.79. The number of aliphatic imine (C=N–C) groups is 1. The first-order valence-electron chi connectivity index (χ1n) is 7.46. The summed E-state index contributed by atoms with van der Waals surface area (Å²) < 4.78 is 5.67. The first-order chi connectivity index (χ1) is 10.2. The number of ether oxygens (including phenoxy) is 1. The van der Waals surface area contributed by atoms with Gasteiger partial charge in [0.25, 0.3) is 0 Å². The van der Waals surface area contributed by atoms with Crippen molar-refractivity contribution < 1.29 is 4.74 Å². The fraction of sp³-hybridized carbons (Fsp3) is 0.471. The molecule has 1 N–H and O–H groups in total. The molecule has 0 radical (unpaired) electrons. The van der Waals surface area contributed by atoms with Crippen molar-refractivity contribution in [3.05, 3.63) is 42.5 Å². The van der Waals surface area contributed by atoms with Crippen LogP contribution in [0.1, 0.15) is 25.3 Å². The summed E-state index contributed by atoms with van der Waals surface area (Å²) in [6.07, 6.45) is 4.09. The molecule has 124 valence electrons. The molecule has 22 heavy (non-hydrogen) atoms. The van der Waals surface area contributed by atoms with Crippen molar-refractivity contribution >= 4 is 29.9 Å². The number of hydrogen-bond donors (Lipinski definition) is 1. The second-order valence-electron chi connectivity index (χ2n) is 4.88. The summed E-state index contributed by atoms with van der Waals surface area (Å²) in [6, 6.07) is 8.03. The molecule has 0 aliphatic carbocycles. The lowest BCUT2D eigenvalue weighted by molar-refractivity contribution is 0.358. The molecular weight excluding hydrogens is 389 g/mol. The Morgan fingerprint density at radius 2 is 2.14 bits per heavy atom. The van der Waals surface area contributed by atoms with Crippen LogP contribution >= 0.6 is 24.0 Å². The Kier molecular flexibility index (Phi) is 11.6. The van der Waals surface area contributed by atoms with Crippen molar-refractivity contribution in [1.29, 1.82) is 0 Å². The zero-order valence-electron chi connectivity index (χ0n) is 13.8. The Bertz CT molecular complexity index is 463. The van der Waals surface area contributed by atoms with Crippen molar-refractivity contribution in [3.63, 3.8) is 0 Å². The van der Waals surface area contributed by atoms with Crippen molar-refractivity contribution in [2.75, 3.05) is 27.2 Å². The zero-order chi connectivity index (χ0) is 15.5. The molecule has 0 aliphatic rings. The Morgan fingerprint density at radius 3 is 2.77 bits per heavy atom. The molecule has 0 amide bonds. The molecule has 0 saturated heterocycles. The third-order valence-electron chi connectivity index (χ3n) is 3.19. The van der Waals surface area contributed by atoms with Gasteiger partial charge in [-0.1, -0.05) is 44.2 Å². The van der Waals surface area contributed by atoms with E-state index in [1.807, 2.05) is 25.2 Å². The largest absolute Gasteiger partial charge is 0.489 e. The molecule has 0 atom stereocenters. The Labute approximate surface area is 151 Å². The second kappa shape index (κ2) is 12.3. The normalized spacial score (nSPS) is 10.6. The number of hydrogen-bond acceptors (Lipinski definition) is 2. The zero-order valence-corrected chi connectivity index (χ0v) is 16.2. The van der Waals surface area contributed by atoms with E-state index in [0.29, 0.717) is 13.2 Å². The maximum Gasteiger partial charge on any atom is 0.193 e. The Hall–Kier alpha value is -1.24. The van der Waals surface area contributed by atoms with Gasteiger partial charge in [0, 0.05) is 32.7 Å². The molecule has 0 bridgehead atoms. The van der Waals surface area contributed by atoms with Crippen LogP contribution in [0.3, 0.4) is 0 Å². The molecule has 0 aliphatic heterocycles. The molecule has 1 rings (SSSR count). The predicted octanol–water partition coefficient (Wildman–Crippen LogP) is 3.68. The Morgan fingerprint density at radius 1 is 1.41 bits per heavy atom. The lowest BCUT2D eigenvalue weighted by atomic mass is 10.2. The van der Waals surface area contributed by atoms with Gasteiger partial charge in [-0.3, -0.25) is 4.99 Å². The highest BCUT2D eigenvalue weighted by Crippen LogP contribution is 2.17. The second-order valence-corrected chi connectivity index (χ2v) is 4.88. The maximum atomic E-state index is 5.67. The van der Waals surface area contributed by atoms with E-state index in [9.17, 15) is 0 Å². The fourth-order valence-electron chi connectivity index (χ4n) is 2.00. The fourth-order valence-corrected chi connectivity index (χ4v) is 2.00. The highest BCUT2D eigenvalue weighted by molar-refractivity contribution is 14.0. The summed E-state index contributed by atoms with van der Waals surface area (Å²) in [4.78, 5) is 6.47. The van der Waals surface area contributed by atoms with Gasteiger partial charge in [0.15, 0.2) is 5.96 Å². The molecule has 5 heteroatoms. The third kappa shape index (κ3) is 7.15. The van der Waals surface area contributed by atoms with E-state index in [0.717, 1.165) is 30.2 Å². The lowest BCUT2D eigenvalue weighted by Gasteiger charge is -2.22. The van der Waals surface area contributed by atoms with E-state index in [4.69, 9.17) is 4.74 Å². The Balaban J connectivity index is 0.00000441. The smallest absolute Gasteiger partial charge is 0.193 e. The topological polar surface area (TPSA) is 36.9 Å². The summed E-state index contributed by atoms with van der Waals surface area (Å²) in [6.45, 7) is 8.08. The monoisotopic (exact) mass is 417 g/mol. The molecule has 0 saturated carbocycles. The summed E-state index contributed by atoms with van der Waals surface area (Å²) in [7, 11) is 3.87. The average Bonchev–Trinajstić information content (AvgIpc) is 2.52. The van der Waals surface area contributed by atoms with E-state index >= 15 is 0 Å². The van der Waals surface area contributed by atoms with Gasteiger partial charge in [0.1, 0.15) is 12.4 Å². The van der Waals surface area contributed by atoms with Crippen molar-refractivity contribution in [2.24, 2.45) is 4.99 Å². The minimum Gasteiger partial charge on any atom is -0.489 e. The van der Waals surface area contributed by atoms with Gasteiger partial charge in [-0.2, -0.15) is 0 Å². The molecule has 0 heterocycles. The number of rotatable bonds is 8. The van der Waals surface area contributed by atoms with Crippen molar-refractivity contribution in [3.8, 4) is 5.75 Å². The quantitative estimate of drug-likeness (QED) is 0.304. The highest BCUT2D eigenvalue weighted by atomic mass is 127. The molecule has 0 aromatic heterocycles. The molecular formula is C17H28IN3O. The SMILES string of the molecule is C=CCOc1ccccc1CNC(=NC)N(C)CCCC.I. The molecule has 1 aromatic carbocycles. The predicted molar refractivity (Wildman–Crippen MR) is 105 cm³/mol. The van der Waals surface area contributed by atoms with Crippen LogP contribution in [-0.4, -0.2) is 38.1 Å². The van der Waals surface area contributed by atoms with Crippen LogP contribution in [0, 0.1) is 0 Å². The van der Waals surface area contributed by atoms with Crippen LogP contribution in [0.2, 0.25) is 0 Å². The number of benzene rings is 1. The van der Waals surface area contributed by atoms with Crippen LogP contribution in [0.15, 0.2) is 41.9 Å². The summed E-state index contributed by atoms with van der Waals surface area (Å²) >= 11 is 0. The van der Waals surface area contributed by atoms with Crippen LogP contribution in [-0.2, 0) is 6.54 Å². The van der Waals surface area contributed by atoms with Crippen LogP contribution < -0.4 is 10.1 Å². The van der Waals surface area contributed by atoms with Crippen LogP contribution in [0.25, 0.3) is 0 Å². The van der Waals surface area contributed by atoms with Crippen molar-refractivity contribution in [2.45, 2.75) is 26.3 Å². The van der Waals surface area contributed by atoms with E-state index in [-0.39, 0.29) is 24.0 Å². The number of unbranched alkanes of at least 4 members (excludes halogenated alkanes) is 1. The van der Waals surface area contributed by atoms with E-state index in [1.54, 1.807) is 6.08 Å². The lowest BCUT2D eigenvalue weighted by Crippen LogP contribution is -2.39. The number of para-hydroxylation sites is 1. The minimum absolute atomic E-state index is 0. The van der Waals surface area contributed by atoms with E-state index in [2.05, 4.69) is 41.8 Å². The maximum absolute atomic E-state index is 5.67. The van der Waals surface area contributed by atoms with E-state index < -0.39 is 0 Å². The van der Waals surface area contributed by atoms with Gasteiger partial charge in [-0.05, 0) is 12.5 Å². The first kappa shape index (κ1) is 20.8. The van der Waals surface area contributed by atoms with Gasteiger partial charge in [-0.15, -0.1) is 24.0 Å². The van der Waals surface area contributed by atoms with E-state index in [1.165, 1.54) is 6.42 Å². The summed E-state index contributed by atoms with van der Waals surface area (Å²) in [5, 5.41) is 3.38. The number of guanidine groups is 1. The molecule has 0 spiro atoms. The summed E-state index contributed by atoms with van der Waals surface area (Å²) in [5.41, 5.74) is 1.12. The molecule has 0 fully saturated rings. The van der Waals surface area contributed by atoms with Crippen molar-refractivity contribution in [1.82, 2.24) is 10.2 Å².